The molecule has 1 unspecified atom stereocenters. The lowest BCUT2D eigenvalue weighted by Crippen LogP contribution is -2.37. The summed E-state index contributed by atoms with van der Waals surface area (Å²) in [5.41, 5.74) is 5.39. The molecule has 1 heterocycles. The highest BCUT2D eigenvalue weighted by Gasteiger charge is 2.22. The van der Waals surface area contributed by atoms with Gasteiger partial charge in [-0.3, -0.25) is 14.3 Å². The number of rotatable bonds is 4. The van der Waals surface area contributed by atoms with Crippen LogP contribution in [0.15, 0.2) is 9.59 Å². The van der Waals surface area contributed by atoms with E-state index in [9.17, 15) is 9.59 Å². The number of nitrogens with one attached hydrogen (secondary N) is 2. The fourth-order valence-corrected chi connectivity index (χ4v) is 3.02. The van der Waals surface area contributed by atoms with Crippen molar-refractivity contribution in [2.75, 3.05) is 11.1 Å². The normalized spacial score (nSPS) is 17.9. The minimum Gasteiger partial charge on any atom is -0.383 e. The van der Waals surface area contributed by atoms with E-state index < -0.39 is 11.2 Å². The second kappa shape index (κ2) is 6.15. The van der Waals surface area contributed by atoms with E-state index in [2.05, 4.69) is 17.2 Å². The third kappa shape index (κ3) is 2.89. The predicted octanol–water partition coefficient (Wildman–Crippen LogP) is 1.52. The van der Waals surface area contributed by atoms with E-state index in [4.69, 9.17) is 5.73 Å². The Hall–Kier alpha value is -1.72. The SMILES string of the molecule is CCn1c(N)c(NC(C)C2CCCCC2)c(=O)[nH]c1=O. The van der Waals surface area contributed by atoms with Gasteiger partial charge in [0.15, 0.2) is 0 Å². The van der Waals surface area contributed by atoms with E-state index in [1.807, 2.05) is 6.92 Å². The zero-order chi connectivity index (χ0) is 14.7. The first-order valence-corrected chi connectivity index (χ1v) is 7.43. The Morgan fingerprint density at radius 1 is 1.35 bits per heavy atom. The molecule has 20 heavy (non-hydrogen) atoms. The van der Waals surface area contributed by atoms with Crippen molar-refractivity contribution in [1.29, 1.82) is 0 Å². The average Bonchev–Trinajstić information content (AvgIpc) is 2.44. The maximum absolute atomic E-state index is 11.9. The highest BCUT2D eigenvalue weighted by Crippen LogP contribution is 2.28. The van der Waals surface area contributed by atoms with Crippen LogP contribution in [0.2, 0.25) is 0 Å². The smallest absolute Gasteiger partial charge is 0.330 e. The Kier molecular flexibility index (Phi) is 4.52. The molecule has 1 atom stereocenters. The van der Waals surface area contributed by atoms with Crippen molar-refractivity contribution < 1.29 is 0 Å². The zero-order valence-corrected chi connectivity index (χ0v) is 12.2. The van der Waals surface area contributed by atoms with E-state index in [1.165, 1.54) is 36.7 Å². The van der Waals surface area contributed by atoms with Gasteiger partial charge in [0.25, 0.3) is 5.56 Å². The van der Waals surface area contributed by atoms with Gasteiger partial charge in [0, 0.05) is 12.6 Å². The second-order valence-electron chi connectivity index (χ2n) is 5.59. The summed E-state index contributed by atoms with van der Waals surface area (Å²) in [7, 11) is 0. The number of nitrogen functional groups attached to an aromatic ring is 1. The molecule has 1 aliphatic carbocycles. The first-order valence-electron chi connectivity index (χ1n) is 7.43. The molecular weight excluding hydrogens is 256 g/mol. The maximum Gasteiger partial charge on any atom is 0.330 e. The van der Waals surface area contributed by atoms with E-state index in [0.717, 1.165) is 0 Å². The van der Waals surface area contributed by atoms with Crippen molar-refractivity contribution in [2.24, 2.45) is 5.92 Å². The molecule has 1 fully saturated rings. The summed E-state index contributed by atoms with van der Waals surface area (Å²) in [4.78, 5) is 25.9. The molecular formula is C14H24N4O2. The Bertz CT molecular complexity index is 570. The van der Waals surface area contributed by atoms with Crippen LogP contribution < -0.4 is 22.3 Å². The third-order valence-corrected chi connectivity index (χ3v) is 4.28. The molecule has 6 nitrogen and oxygen atoms in total. The Balaban J connectivity index is 2.24. The van der Waals surface area contributed by atoms with Gasteiger partial charge in [-0.25, -0.2) is 4.79 Å². The van der Waals surface area contributed by atoms with E-state index in [1.54, 1.807) is 0 Å². The number of hydrogen-bond acceptors (Lipinski definition) is 4. The Labute approximate surface area is 118 Å². The number of H-pyrrole nitrogens is 1. The van der Waals surface area contributed by atoms with Crippen LogP contribution in [0.25, 0.3) is 0 Å². The van der Waals surface area contributed by atoms with Crippen molar-refractivity contribution in [3.63, 3.8) is 0 Å². The lowest BCUT2D eigenvalue weighted by Gasteiger charge is -2.29. The van der Waals surface area contributed by atoms with Gasteiger partial charge in [0.05, 0.1) is 0 Å². The minimum absolute atomic E-state index is 0.182. The largest absolute Gasteiger partial charge is 0.383 e. The molecule has 0 amide bonds. The number of anilines is 2. The number of nitrogens with two attached hydrogens (primary N) is 1. The molecule has 6 heteroatoms. The van der Waals surface area contributed by atoms with Crippen molar-refractivity contribution in [3.05, 3.63) is 20.8 Å². The van der Waals surface area contributed by atoms with Gasteiger partial charge >= 0.3 is 5.69 Å². The van der Waals surface area contributed by atoms with Crippen LogP contribution in [0.1, 0.15) is 46.0 Å². The topological polar surface area (TPSA) is 92.9 Å². The van der Waals surface area contributed by atoms with Crippen LogP contribution in [0.4, 0.5) is 11.5 Å². The number of nitrogens with zero attached hydrogens (tertiary/aromatic N) is 1. The summed E-state index contributed by atoms with van der Waals surface area (Å²) < 4.78 is 1.37. The maximum atomic E-state index is 11.9. The standard InChI is InChI=1S/C14H24N4O2/c1-3-18-12(15)11(13(19)17-14(18)20)16-9(2)10-7-5-4-6-8-10/h9-10,16H,3-8,15H2,1-2H3,(H,17,19,20). The molecule has 1 aromatic heterocycles. The monoisotopic (exact) mass is 280 g/mol. The van der Waals surface area contributed by atoms with Gasteiger partial charge in [-0.05, 0) is 32.6 Å². The number of aromatic amines is 1. The molecule has 0 spiro atoms. The molecule has 1 aliphatic rings. The van der Waals surface area contributed by atoms with Crippen LogP contribution in [0.5, 0.6) is 0 Å². The quantitative estimate of drug-likeness (QED) is 0.779. The summed E-state index contributed by atoms with van der Waals surface area (Å²) in [6.07, 6.45) is 6.15. The molecule has 0 bridgehead atoms. The number of hydrogen-bond donors (Lipinski definition) is 3. The molecule has 4 N–H and O–H groups in total. The van der Waals surface area contributed by atoms with Crippen molar-refractivity contribution in [2.45, 2.75) is 58.5 Å². The van der Waals surface area contributed by atoms with E-state index in [-0.39, 0.29) is 11.9 Å². The lowest BCUT2D eigenvalue weighted by molar-refractivity contribution is 0.328. The second-order valence-corrected chi connectivity index (χ2v) is 5.59. The lowest BCUT2D eigenvalue weighted by atomic mass is 9.84. The Morgan fingerprint density at radius 3 is 2.60 bits per heavy atom. The number of aromatic nitrogens is 2. The predicted molar refractivity (Wildman–Crippen MR) is 81.1 cm³/mol. The minimum atomic E-state index is -0.453. The fourth-order valence-electron chi connectivity index (χ4n) is 3.02. The molecule has 2 rings (SSSR count). The molecule has 0 saturated heterocycles. The third-order valence-electron chi connectivity index (χ3n) is 4.28. The Morgan fingerprint density at radius 2 is 2.00 bits per heavy atom. The van der Waals surface area contributed by atoms with Crippen LogP contribution in [0, 0.1) is 5.92 Å². The van der Waals surface area contributed by atoms with Gasteiger partial charge < -0.3 is 11.1 Å². The highest BCUT2D eigenvalue weighted by molar-refractivity contribution is 5.60. The van der Waals surface area contributed by atoms with Crippen molar-refractivity contribution in [3.8, 4) is 0 Å². The molecule has 1 aromatic rings. The fraction of sp³-hybridized carbons (Fsp3) is 0.714. The summed E-state index contributed by atoms with van der Waals surface area (Å²) in [6, 6.07) is 0.182. The summed E-state index contributed by atoms with van der Waals surface area (Å²) >= 11 is 0. The van der Waals surface area contributed by atoms with Crippen LogP contribution >= 0.6 is 0 Å². The van der Waals surface area contributed by atoms with Gasteiger partial charge in [0.1, 0.15) is 11.5 Å². The molecule has 1 saturated carbocycles. The summed E-state index contributed by atoms with van der Waals surface area (Å²) in [5, 5.41) is 3.22. The molecule has 0 radical (unpaired) electrons. The van der Waals surface area contributed by atoms with Crippen molar-refractivity contribution in [1.82, 2.24) is 9.55 Å². The van der Waals surface area contributed by atoms with Crippen LogP contribution in [-0.2, 0) is 6.54 Å². The molecule has 112 valence electrons. The first-order chi connectivity index (χ1) is 9.54. The molecule has 0 aliphatic heterocycles. The highest BCUT2D eigenvalue weighted by atomic mass is 16.2. The van der Waals surface area contributed by atoms with Crippen molar-refractivity contribution >= 4 is 11.5 Å². The first kappa shape index (κ1) is 14.7. The van der Waals surface area contributed by atoms with Crippen LogP contribution in [-0.4, -0.2) is 15.6 Å². The van der Waals surface area contributed by atoms with Gasteiger partial charge in [-0.2, -0.15) is 0 Å². The van der Waals surface area contributed by atoms with Gasteiger partial charge in [-0.1, -0.05) is 19.3 Å². The van der Waals surface area contributed by atoms with Gasteiger partial charge in [0.2, 0.25) is 0 Å². The van der Waals surface area contributed by atoms with E-state index in [0.29, 0.717) is 18.2 Å². The summed E-state index contributed by atoms with van der Waals surface area (Å²) in [6.45, 7) is 4.34. The molecule has 0 aromatic carbocycles. The average molecular weight is 280 g/mol. The van der Waals surface area contributed by atoms with E-state index >= 15 is 0 Å². The summed E-state index contributed by atoms with van der Waals surface area (Å²) in [5.74, 6) is 0.786. The zero-order valence-electron chi connectivity index (χ0n) is 12.2. The van der Waals surface area contributed by atoms with Gasteiger partial charge in [-0.15, -0.1) is 0 Å². The van der Waals surface area contributed by atoms with Crippen LogP contribution in [0.3, 0.4) is 0 Å².